The zero-order valence-corrected chi connectivity index (χ0v) is 18.6. The Bertz CT molecular complexity index is 707. The van der Waals surface area contributed by atoms with Crippen molar-refractivity contribution in [2.24, 2.45) is 28.9 Å². The first-order chi connectivity index (χ1) is 13.9. The van der Waals surface area contributed by atoms with Crippen LogP contribution in [0.15, 0.2) is 30.3 Å². The summed E-state index contributed by atoms with van der Waals surface area (Å²) < 4.78 is 0. The SMILES string of the molecule is CCC1(C(=O)NC2CCC(N)CC2)CC2CC(c3ccccc3)(CC(C)C2C)C1. The predicted molar refractivity (Wildman–Crippen MR) is 120 cm³/mol. The van der Waals surface area contributed by atoms with Crippen LogP contribution >= 0.6 is 0 Å². The summed E-state index contributed by atoms with van der Waals surface area (Å²) >= 11 is 0. The fraction of sp³-hybridized carbons (Fsp3) is 0.731. The van der Waals surface area contributed by atoms with Crippen LogP contribution in [0, 0.1) is 23.2 Å². The number of fused-ring (bicyclic) bond motifs is 2. The minimum atomic E-state index is -0.229. The molecule has 1 amide bonds. The van der Waals surface area contributed by atoms with E-state index in [4.69, 9.17) is 5.73 Å². The molecule has 5 unspecified atom stereocenters. The maximum atomic E-state index is 13.8. The van der Waals surface area contributed by atoms with Gasteiger partial charge in [0.1, 0.15) is 0 Å². The number of carbonyl (C=O) groups excluding carboxylic acids is 1. The number of nitrogens with one attached hydrogen (secondary N) is 1. The molecule has 0 saturated heterocycles. The lowest BCUT2D eigenvalue weighted by atomic mass is 9.47. The summed E-state index contributed by atoms with van der Waals surface area (Å²) in [6.07, 6.45) is 9.61. The quantitative estimate of drug-likeness (QED) is 0.736. The van der Waals surface area contributed by atoms with Crippen LogP contribution in [0.3, 0.4) is 0 Å². The van der Waals surface area contributed by atoms with Crippen molar-refractivity contribution in [2.75, 3.05) is 0 Å². The largest absolute Gasteiger partial charge is 0.353 e. The van der Waals surface area contributed by atoms with Gasteiger partial charge in [-0.3, -0.25) is 4.79 Å². The molecule has 3 saturated carbocycles. The summed E-state index contributed by atoms with van der Waals surface area (Å²) in [5.74, 6) is 2.37. The molecule has 3 fully saturated rings. The van der Waals surface area contributed by atoms with Crippen LogP contribution in [0.5, 0.6) is 0 Å². The van der Waals surface area contributed by atoms with Crippen LogP contribution in [0.4, 0.5) is 0 Å². The summed E-state index contributed by atoms with van der Waals surface area (Å²) in [6.45, 7) is 7.10. The summed E-state index contributed by atoms with van der Waals surface area (Å²) in [6, 6.07) is 11.7. The van der Waals surface area contributed by atoms with Gasteiger partial charge in [0.25, 0.3) is 0 Å². The lowest BCUT2D eigenvalue weighted by molar-refractivity contribution is -0.141. The normalized spacial score (nSPS) is 42.3. The highest BCUT2D eigenvalue weighted by Crippen LogP contribution is 2.60. The van der Waals surface area contributed by atoms with E-state index in [0.29, 0.717) is 35.7 Å². The Morgan fingerprint density at radius 3 is 2.41 bits per heavy atom. The number of hydrogen-bond acceptors (Lipinski definition) is 2. The third-order valence-electron chi connectivity index (χ3n) is 8.99. The average Bonchev–Trinajstić information content (AvgIpc) is 2.74. The van der Waals surface area contributed by atoms with Gasteiger partial charge in [0.2, 0.25) is 5.91 Å². The van der Waals surface area contributed by atoms with Gasteiger partial charge in [-0.05, 0) is 86.5 Å². The number of rotatable bonds is 4. The number of hydrogen-bond donors (Lipinski definition) is 2. The van der Waals surface area contributed by atoms with E-state index >= 15 is 0 Å². The highest BCUT2D eigenvalue weighted by Gasteiger charge is 2.56. The molecule has 0 aromatic heterocycles. The fourth-order valence-corrected chi connectivity index (χ4v) is 7.00. The fourth-order valence-electron chi connectivity index (χ4n) is 7.00. The Balaban J connectivity index is 1.62. The van der Waals surface area contributed by atoms with E-state index < -0.39 is 0 Å². The standard InChI is InChI=1S/C26H40N2O/c1-4-25(24(29)28-23-12-10-22(27)11-13-23)15-20-16-26(17-25,14-18(2)19(20)3)21-8-6-5-7-9-21/h5-9,18-20,22-23H,4,10-17,27H2,1-3H3,(H,28,29). The van der Waals surface area contributed by atoms with Crippen molar-refractivity contribution in [2.45, 2.75) is 96.1 Å². The predicted octanol–water partition coefficient (Wildman–Crippen LogP) is 5.18. The van der Waals surface area contributed by atoms with Gasteiger partial charge in [-0.25, -0.2) is 0 Å². The van der Waals surface area contributed by atoms with Crippen molar-refractivity contribution in [1.29, 1.82) is 0 Å². The maximum Gasteiger partial charge on any atom is 0.226 e. The molecule has 0 radical (unpaired) electrons. The van der Waals surface area contributed by atoms with E-state index in [1.54, 1.807) is 0 Å². The van der Waals surface area contributed by atoms with Crippen molar-refractivity contribution in [3.8, 4) is 0 Å². The van der Waals surface area contributed by atoms with Crippen molar-refractivity contribution in [3.05, 3.63) is 35.9 Å². The van der Waals surface area contributed by atoms with E-state index in [2.05, 4.69) is 56.4 Å². The molecule has 2 bridgehead atoms. The summed E-state index contributed by atoms with van der Waals surface area (Å²) in [4.78, 5) is 13.8. The summed E-state index contributed by atoms with van der Waals surface area (Å²) in [5, 5.41) is 3.49. The van der Waals surface area contributed by atoms with E-state index in [1.165, 1.54) is 18.4 Å². The van der Waals surface area contributed by atoms with Gasteiger partial charge in [0.05, 0.1) is 5.41 Å². The third kappa shape index (κ3) is 3.87. The summed E-state index contributed by atoms with van der Waals surface area (Å²) in [7, 11) is 0. The van der Waals surface area contributed by atoms with Gasteiger partial charge in [-0.15, -0.1) is 0 Å². The molecule has 3 heteroatoms. The molecule has 0 aliphatic heterocycles. The van der Waals surface area contributed by atoms with Crippen molar-refractivity contribution in [1.82, 2.24) is 5.32 Å². The minimum absolute atomic E-state index is 0.151. The average molecular weight is 397 g/mol. The smallest absolute Gasteiger partial charge is 0.226 e. The highest BCUT2D eigenvalue weighted by molar-refractivity contribution is 5.83. The lowest BCUT2D eigenvalue weighted by Crippen LogP contribution is -2.56. The molecule has 3 nitrogen and oxygen atoms in total. The maximum absolute atomic E-state index is 13.8. The zero-order valence-electron chi connectivity index (χ0n) is 18.6. The third-order valence-corrected chi connectivity index (χ3v) is 8.99. The van der Waals surface area contributed by atoms with Crippen LogP contribution in [0.25, 0.3) is 0 Å². The number of nitrogens with two attached hydrogens (primary N) is 1. The Morgan fingerprint density at radius 1 is 1.07 bits per heavy atom. The second-order valence-corrected chi connectivity index (χ2v) is 10.8. The number of amides is 1. The van der Waals surface area contributed by atoms with Crippen molar-refractivity contribution < 1.29 is 4.79 Å². The Labute approximate surface area is 177 Å². The highest BCUT2D eigenvalue weighted by atomic mass is 16.2. The van der Waals surface area contributed by atoms with Gasteiger partial charge in [-0.2, -0.15) is 0 Å². The summed E-state index contributed by atoms with van der Waals surface area (Å²) in [5.41, 5.74) is 7.46. The van der Waals surface area contributed by atoms with Crippen LogP contribution in [0.1, 0.15) is 84.1 Å². The van der Waals surface area contributed by atoms with Crippen LogP contribution in [-0.4, -0.2) is 18.0 Å². The molecule has 1 aromatic rings. The first-order valence-corrected chi connectivity index (χ1v) is 12.0. The van der Waals surface area contributed by atoms with Crippen LogP contribution < -0.4 is 11.1 Å². The molecule has 4 rings (SSSR count). The molecular formula is C26H40N2O. The van der Waals surface area contributed by atoms with Crippen molar-refractivity contribution >= 4 is 5.91 Å². The van der Waals surface area contributed by atoms with Gasteiger partial charge >= 0.3 is 0 Å². The van der Waals surface area contributed by atoms with E-state index in [-0.39, 0.29) is 10.8 Å². The second kappa shape index (κ2) is 8.06. The molecule has 0 spiro atoms. The molecule has 160 valence electrons. The number of benzene rings is 1. The molecule has 3 aliphatic rings. The lowest BCUT2D eigenvalue weighted by Gasteiger charge is -2.57. The first kappa shape index (κ1) is 20.9. The van der Waals surface area contributed by atoms with Gasteiger partial charge in [0.15, 0.2) is 0 Å². The monoisotopic (exact) mass is 396 g/mol. The Hall–Kier alpha value is -1.35. The van der Waals surface area contributed by atoms with Gasteiger partial charge in [0, 0.05) is 12.1 Å². The molecule has 29 heavy (non-hydrogen) atoms. The molecular weight excluding hydrogens is 356 g/mol. The van der Waals surface area contributed by atoms with Crippen molar-refractivity contribution in [3.63, 3.8) is 0 Å². The molecule has 3 aliphatic carbocycles. The van der Waals surface area contributed by atoms with Crippen LogP contribution in [0.2, 0.25) is 0 Å². The van der Waals surface area contributed by atoms with E-state index in [1.807, 2.05) is 0 Å². The molecule has 3 N–H and O–H groups in total. The van der Waals surface area contributed by atoms with Gasteiger partial charge < -0.3 is 11.1 Å². The number of carbonyl (C=O) groups is 1. The topological polar surface area (TPSA) is 55.1 Å². The second-order valence-electron chi connectivity index (χ2n) is 10.8. The molecule has 1 aromatic carbocycles. The van der Waals surface area contributed by atoms with E-state index in [0.717, 1.165) is 44.9 Å². The zero-order chi connectivity index (χ0) is 20.6. The van der Waals surface area contributed by atoms with E-state index in [9.17, 15) is 4.79 Å². The molecule has 0 heterocycles. The Morgan fingerprint density at radius 2 is 1.76 bits per heavy atom. The Kier molecular flexibility index (Phi) is 5.81. The van der Waals surface area contributed by atoms with Crippen LogP contribution in [-0.2, 0) is 10.2 Å². The van der Waals surface area contributed by atoms with Gasteiger partial charge in [-0.1, -0.05) is 51.1 Å². The minimum Gasteiger partial charge on any atom is -0.353 e. The first-order valence-electron chi connectivity index (χ1n) is 12.0. The molecule has 5 atom stereocenters.